The molecule has 0 amide bonds. The van der Waals surface area contributed by atoms with Crippen molar-refractivity contribution < 1.29 is 15.1 Å². The molecule has 0 saturated heterocycles. The fraction of sp³-hybridized carbons (Fsp3) is 0.200. The number of carboxylic acid groups (broad SMARTS) is 1. The molecule has 5 nitrogen and oxygen atoms in total. The lowest BCUT2D eigenvalue weighted by Gasteiger charge is -2.21. The molecule has 0 fully saturated rings. The Balaban J connectivity index is 2.50. The van der Waals surface area contributed by atoms with Gasteiger partial charge in [-0.05, 0) is 42.2 Å². The number of allylic oxidation sites excluding steroid dienone is 5. The summed E-state index contributed by atoms with van der Waals surface area (Å²) in [6, 6.07) is 15.6. The molecule has 0 heterocycles. The SMILES string of the molecule is C=C/C=C(\C=C(\C)N)C(/C[C@@H](c1ccc(CC(=O)O)cc1)c1ccccc1C)=N/O. The van der Waals surface area contributed by atoms with E-state index in [0.29, 0.717) is 23.4 Å². The molecule has 0 spiro atoms. The van der Waals surface area contributed by atoms with E-state index in [1.54, 1.807) is 25.2 Å². The number of carboxylic acids is 1. The van der Waals surface area contributed by atoms with Crippen LogP contribution in [0.4, 0.5) is 0 Å². The monoisotopic (exact) mass is 404 g/mol. The van der Waals surface area contributed by atoms with Gasteiger partial charge in [0, 0.05) is 23.6 Å². The third-order valence-electron chi connectivity index (χ3n) is 4.83. The standard InChI is InChI=1S/C25H28N2O3/c1-4-7-21(14-18(3)26)24(27-30)16-23(22-9-6-5-8-17(22)2)20-12-10-19(11-13-20)15-25(28)29/h4-14,23,30H,1,15-16,26H2,2-3H3,(H,28,29)/b18-14-,21-7+,27-24+/t23-/m0/s1. The molecule has 2 aromatic rings. The van der Waals surface area contributed by atoms with E-state index >= 15 is 0 Å². The maximum Gasteiger partial charge on any atom is 0.307 e. The predicted octanol–water partition coefficient (Wildman–Crippen LogP) is 4.95. The van der Waals surface area contributed by atoms with Crippen molar-refractivity contribution >= 4 is 11.7 Å². The first-order valence-corrected chi connectivity index (χ1v) is 9.69. The highest BCUT2D eigenvalue weighted by Gasteiger charge is 2.21. The van der Waals surface area contributed by atoms with E-state index in [1.807, 2.05) is 49.4 Å². The average molecular weight is 405 g/mol. The van der Waals surface area contributed by atoms with E-state index < -0.39 is 5.97 Å². The Labute approximate surface area is 177 Å². The van der Waals surface area contributed by atoms with Gasteiger partial charge in [-0.25, -0.2) is 0 Å². The lowest BCUT2D eigenvalue weighted by molar-refractivity contribution is -0.136. The third kappa shape index (κ3) is 6.21. The summed E-state index contributed by atoms with van der Waals surface area (Å²) >= 11 is 0. The van der Waals surface area contributed by atoms with Crippen LogP contribution in [0.1, 0.15) is 41.5 Å². The number of rotatable bonds is 9. The van der Waals surface area contributed by atoms with Crippen molar-refractivity contribution in [2.75, 3.05) is 0 Å². The summed E-state index contributed by atoms with van der Waals surface area (Å²) in [7, 11) is 0. The molecular formula is C25H28N2O3. The lowest BCUT2D eigenvalue weighted by Crippen LogP contribution is -2.13. The van der Waals surface area contributed by atoms with Gasteiger partial charge in [-0.2, -0.15) is 0 Å². The van der Waals surface area contributed by atoms with Crippen molar-refractivity contribution in [3.63, 3.8) is 0 Å². The highest BCUT2D eigenvalue weighted by Crippen LogP contribution is 2.32. The molecule has 0 saturated carbocycles. The fourth-order valence-corrected chi connectivity index (χ4v) is 3.44. The fourth-order valence-electron chi connectivity index (χ4n) is 3.44. The van der Waals surface area contributed by atoms with Crippen molar-refractivity contribution in [2.45, 2.75) is 32.6 Å². The van der Waals surface area contributed by atoms with Gasteiger partial charge in [0.05, 0.1) is 12.1 Å². The first kappa shape index (κ1) is 22.7. The third-order valence-corrected chi connectivity index (χ3v) is 4.83. The maximum atomic E-state index is 11.0. The highest BCUT2D eigenvalue weighted by atomic mass is 16.4. The van der Waals surface area contributed by atoms with Crippen LogP contribution in [-0.2, 0) is 11.2 Å². The summed E-state index contributed by atoms with van der Waals surface area (Å²) in [6.07, 6.45) is 5.55. The summed E-state index contributed by atoms with van der Waals surface area (Å²) in [5.74, 6) is -0.952. The number of nitrogens with zero attached hydrogens (tertiary/aromatic N) is 1. The number of carbonyl (C=O) groups is 1. The Kier molecular flexibility index (Phi) is 8.18. The Morgan fingerprint density at radius 3 is 2.40 bits per heavy atom. The molecule has 0 aliphatic carbocycles. The molecule has 30 heavy (non-hydrogen) atoms. The van der Waals surface area contributed by atoms with Crippen LogP contribution in [0, 0.1) is 6.92 Å². The zero-order valence-corrected chi connectivity index (χ0v) is 17.4. The first-order chi connectivity index (χ1) is 14.3. The Morgan fingerprint density at radius 2 is 1.87 bits per heavy atom. The summed E-state index contributed by atoms with van der Waals surface area (Å²) in [6.45, 7) is 7.55. The van der Waals surface area contributed by atoms with Crippen LogP contribution < -0.4 is 5.73 Å². The largest absolute Gasteiger partial charge is 0.481 e. The van der Waals surface area contributed by atoms with Gasteiger partial charge in [-0.1, -0.05) is 72.4 Å². The molecular weight excluding hydrogens is 376 g/mol. The molecule has 1 atom stereocenters. The van der Waals surface area contributed by atoms with Gasteiger partial charge in [-0.15, -0.1) is 0 Å². The first-order valence-electron chi connectivity index (χ1n) is 9.69. The summed E-state index contributed by atoms with van der Waals surface area (Å²) in [4.78, 5) is 11.0. The molecule has 0 unspecified atom stereocenters. The van der Waals surface area contributed by atoms with Crippen LogP contribution in [0.5, 0.6) is 0 Å². The normalized spacial score (nSPS) is 13.7. The zero-order chi connectivity index (χ0) is 22.1. The summed E-state index contributed by atoms with van der Waals surface area (Å²) in [5.41, 5.74) is 11.6. The molecule has 156 valence electrons. The Hall–Kier alpha value is -3.60. The molecule has 0 aromatic heterocycles. The van der Waals surface area contributed by atoms with Crippen molar-refractivity contribution in [3.8, 4) is 0 Å². The number of aryl methyl sites for hydroxylation is 1. The molecule has 0 bridgehead atoms. The van der Waals surface area contributed by atoms with Gasteiger partial charge in [0.25, 0.3) is 0 Å². The number of hydrogen-bond acceptors (Lipinski definition) is 4. The van der Waals surface area contributed by atoms with Crippen LogP contribution in [0.3, 0.4) is 0 Å². The van der Waals surface area contributed by atoms with E-state index in [9.17, 15) is 10.0 Å². The highest BCUT2D eigenvalue weighted by molar-refractivity contribution is 6.03. The van der Waals surface area contributed by atoms with Crippen LogP contribution in [0.2, 0.25) is 0 Å². The minimum absolute atomic E-state index is 0.0224. The zero-order valence-electron chi connectivity index (χ0n) is 17.4. The van der Waals surface area contributed by atoms with E-state index in [1.165, 1.54) is 0 Å². The maximum absolute atomic E-state index is 11.0. The average Bonchev–Trinajstić information content (AvgIpc) is 2.69. The van der Waals surface area contributed by atoms with Gasteiger partial charge in [0.15, 0.2) is 0 Å². The van der Waals surface area contributed by atoms with E-state index in [0.717, 1.165) is 22.3 Å². The number of aliphatic carboxylic acids is 1. The summed E-state index contributed by atoms with van der Waals surface area (Å²) < 4.78 is 0. The smallest absolute Gasteiger partial charge is 0.307 e. The molecule has 2 aromatic carbocycles. The van der Waals surface area contributed by atoms with Crippen LogP contribution in [-0.4, -0.2) is 22.0 Å². The lowest BCUT2D eigenvalue weighted by atomic mass is 9.83. The minimum Gasteiger partial charge on any atom is -0.481 e. The van der Waals surface area contributed by atoms with Gasteiger partial charge in [0.1, 0.15) is 0 Å². The number of nitrogens with two attached hydrogens (primary N) is 1. The number of oxime groups is 1. The molecule has 0 radical (unpaired) electrons. The van der Waals surface area contributed by atoms with E-state index in [4.69, 9.17) is 10.8 Å². The van der Waals surface area contributed by atoms with Gasteiger partial charge < -0.3 is 16.0 Å². The molecule has 0 aliphatic heterocycles. The number of hydrogen-bond donors (Lipinski definition) is 3. The van der Waals surface area contributed by atoms with Gasteiger partial charge in [0.2, 0.25) is 0 Å². The quantitative estimate of drug-likeness (QED) is 0.238. The van der Waals surface area contributed by atoms with Crippen LogP contribution >= 0.6 is 0 Å². The minimum atomic E-state index is -0.865. The van der Waals surface area contributed by atoms with Gasteiger partial charge >= 0.3 is 5.97 Å². The summed E-state index contributed by atoms with van der Waals surface area (Å²) in [5, 5.41) is 22.3. The van der Waals surface area contributed by atoms with Crippen molar-refractivity contribution in [3.05, 3.63) is 107 Å². The number of benzene rings is 2. The Bertz CT molecular complexity index is 982. The van der Waals surface area contributed by atoms with Gasteiger partial charge in [-0.3, -0.25) is 4.79 Å². The molecule has 5 heteroatoms. The van der Waals surface area contributed by atoms with Crippen molar-refractivity contribution in [1.29, 1.82) is 0 Å². The molecule has 4 N–H and O–H groups in total. The Morgan fingerprint density at radius 1 is 1.20 bits per heavy atom. The van der Waals surface area contributed by atoms with E-state index in [-0.39, 0.29) is 12.3 Å². The second-order valence-electron chi connectivity index (χ2n) is 7.22. The predicted molar refractivity (Wildman–Crippen MR) is 121 cm³/mol. The molecule has 2 rings (SSSR count). The van der Waals surface area contributed by atoms with E-state index in [2.05, 4.69) is 17.8 Å². The van der Waals surface area contributed by atoms with Crippen LogP contribution in [0.15, 0.2) is 89.8 Å². The van der Waals surface area contributed by atoms with Crippen molar-refractivity contribution in [1.82, 2.24) is 0 Å². The second-order valence-corrected chi connectivity index (χ2v) is 7.22. The van der Waals surface area contributed by atoms with Crippen LogP contribution in [0.25, 0.3) is 0 Å². The molecule has 0 aliphatic rings. The second kappa shape index (κ2) is 10.8. The van der Waals surface area contributed by atoms with Crippen molar-refractivity contribution in [2.24, 2.45) is 10.9 Å². The topological polar surface area (TPSA) is 95.9 Å².